The van der Waals surface area contributed by atoms with E-state index in [4.69, 9.17) is 15.9 Å². The average molecular weight is 345 g/mol. The maximum atomic E-state index is 11.7. The van der Waals surface area contributed by atoms with Crippen molar-refractivity contribution in [1.29, 1.82) is 0 Å². The Bertz CT molecular complexity index is 1260. The van der Waals surface area contributed by atoms with E-state index in [0.717, 1.165) is 27.4 Å². The topological polar surface area (TPSA) is 113 Å². The third-order valence-electron chi connectivity index (χ3n) is 4.75. The minimum absolute atomic E-state index is 0.0363. The lowest BCUT2D eigenvalue weighted by Gasteiger charge is -2.09. The van der Waals surface area contributed by atoms with Crippen LogP contribution >= 0.6 is 0 Å². The van der Waals surface area contributed by atoms with Crippen molar-refractivity contribution in [2.24, 2.45) is 7.05 Å². The summed E-state index contributed by atoms with van der Waals surface area (Å²) in [6, 6.07) is 5.82. The van der Waals surface area contributed by atoms with Gasteiger partial charge in [-0.2, -0.15) is 4.98 Å². The lowest BCUT2D eigenvalue weighted by atomic mass is 10.0. The standard InChI is InChI=1S/C19H15N5O2/c1-24-5-4-11-16-13(22-19(21)23-18(16)20)8-12(17(11)24)15-6-9-2-3-10(25)7-14(9)26-15/h2-6,8H,7H2,1H3,(H4,20,21,22,23). The first kappa shape index (κ1) is 14.7. The normalized spacial score (nSPS) is 13.7. The van der Waals surface area contributed by atoms with Gasteiger partial charge in [-0.25, -0.2) is 4.98 Å². The number of furan rings is 1. The van der Waals surface area contributed by atoms with Crippen molar-refractivity contribution < 1.29 is 9.21 Å². The van der Waals surface area contributed by atoms with Crippen molar-refractivity contribution in [1.82, 2.24) is 14.5 Å². The third-order valence-corrected chi connectivity index (χ3v) is 4.75. The van der Waals surface area contributed by atoms with Crippen LogP contribution in [0.4, 0.5) is 11.8 Å². The minimum Gasteiger partial charge on any atom is -0.460 e. The summed E-state index contributed by atoms with van der Waals surface area (Å²) in [4.78, 5) is 20.1. The summed E-state index contributed by atoms with van der Waals surface area (Å²) in [5.41, 5.74) is 15.3. The fraction of sp³-hybridized carbons (Fsp3) is 0.105. The summed E-state index contributed by atoms with van der Waals surface area (Å²) < 4.78 is 8.02. The summed E-state index contributed by atoms with van der Waals surface area (Å²) in [5.74, 6) is 1.87. The molecule has 1 aliphatic rings. The number of allylic oxidation sites excluding steroid dienone is 1. The molecule has 0 spiro atoms. The Kier molecular flexibility index (Phi) is 2.80. The van der Waals surface area contributed by atoms with E-state index in [2.05, 4.69) is 9.97 Å². The highest BCUT2D eigenvalue weighted by atomic mass is 16.3. The van der Waals surface area contributed by atoms with Crippen LogP contribution in [0.5, 0.6) is 0 Å². The molecule has 4 N–H and O–H groups in total. The van der Waals surface area contributed by atoms with Gasteiger partial charge in [0, 0.05) is 29.8 Å². The number of hydrogen-bond donors (Lipinski definition) is 2. The van der Waals surface area contributed by atoms with Gasteiger partial charge < -0.3 is 20.5 Å². The van der Waals surface area contributed by atoms with Gasteiger partial charge in [-0.3, -0.25) is 4.79 Å². The van der Waals surface area contributed by atoms with Crippen molar-refractivity contribution in [3.05, 3.63) is 41.8 Å². The molecule has 5 rings (SSSR count). The molecular formula is C19H15N5O2. The molecule has 7 nitrogen and oxygen atoms in total. The van der Waals surface area contributed by atoms with Crippen molar-refractivity contribution in [2.75, 3.05) is 11.5 Å². The molecule has 0 saturated carbocycles. The summed E-state index contributed by atoms with van der Waals surface area (Å²) in [6.07, 6.45) is 5.59. The molecule has 128 valence electrons. The maximum absolute atomic E-state index is 11.7. The molecule has 0 amide bonds. The van der Waals surface area contributed by atoms with Crippen LogP contribution in [0.2, 0.25) is 0 Å². The molecule has 7 heteroatoms. The van der Waals surface area contributed by atoms with Gasteiger partial charge in [0.25, 0.3) is 0 Å². The number of ketones is 1. The van der Waals surface area contributed by atoms with E-state index in [1.165, 1.54) is 0 Å². The zero-order valence-corrected chi connectivity index (χ0v) is 14.0. The molecule has 0 unspecified atom stereocenters. The van der Waals surface area contributed by atoms with Gasteiger partial charge in [0.1, 0.15) is 17.3 Å². The average Bonchev–Trinajstić information content (AvgIpc) is 3.17. The highest BCUT2D eigenvalue weighted by Gasteiger charge is 2.21. The number of benzene rings is 1. The second kappa shape index (κ2) is 4.95. The molecule has 3 aromatic heterocycles. The van der Waals surface area contributed by atoms with E-state index >= 15 is 0 Å². The van der Waals surface area contributed by atoms with Crippen LogP contribution in [-0.2, 0) is 18.3 Å². The molecule has 0 fully saturated rings. The van der Waals surface area contributed by atoms with E-state index < -0.39 is 0 Å². The van der Waals surface area contributed by atoms with Crippen molar-refractivity contribution in [3.8, 4) is 11.3 Å². The lowest BCUT2D eigenvalue weighted by Crippen LogP contribution is -2.02. The highest BCUT2D eigenvalue weighted by molar-refractivity contribution is 6.15. The Hall–Kier alpha value is -3.61. The molecule has 4 aromatic rings. The zero-order valence-electron chi connectivity index (χ0n) is 14.0. The number of nitrogen functional groups attached to an aromatic ring is 2. The summed E-state index contributed by atoms with van der Waals surface area (Å²) in [6.45, 7) is 0. The lowest BCUT2D eigenvalue weighted by molar-refractivity contribution is -0.114. The van der Waals surface area contributed by atoms with Crippen LogP contribution in [0.1, 0.15) is 11.3 Å². The van der Waals surface area contributed by atoms with Gasteiger partial charge in [-0.15, -0.1) is 0 Å². The number of carbonyl (C=O) groups is 1. The number of hydrogen-bond acceptors (Lipinski definition) is 6. The number of nitrogens with zero attached hydrogens (tertiary/aromatic N) is 3. The summed E-state index contributed by atoms with van der Waals surface area (Å²) >= 11 is 0. The quantitative estimate of drug-likeness (QED) is 0.548. The monoisotopic (exact) mass is 345 g/mol. The fourth-order valence-electron chi connectivity index (χ4n) is 3.61. The van der Waals surface area contributed by atoms with Gasteiger partial charge in [-0.05, 0) is 30.4 Å². The molecule has 1 aromatic carbocycles. The van der Waals surface area contributed by atoms with E-state index in [1.54, 1.807) is 12.2 Å². The smallest absolute Gasteiger partial charge is 0.222 e. The number of anilines is 2. The van der Waals surface area contributed by atoms with E-state index in [9.17, 15) is 4.79 Å². The van der Waals surface area contributed by atoms with Crippen LogP contribution in [0, 0.1) is 0 Å². The zero-order chi connectivity index (χ0) is 18.0. The first-order valence-corrected chi connectivity index (χ1v) is 8.16. The fourth-order valence-corrected chi connectivity index (χ4v) is 3.61. The molecule has 0 saturated heterocycles. The SMILES string of the molecule is Cn1ccc2c3c(N)nc(N)nc3cc(-c3cc4c(o3)CC(=O)C=C4)c21. The molecule has 26 heavy (non-hydrogen) atoms. The minimum atomic E-state index is 0.0363. The summed E-state index contributed by atoms with van der Waals surface area (Å²) in [7, 11) is 1.96. The largest absolute Gasteiger partial charge is 0.460 e. The molecule has 1 aliphatic carbocycles. The van der Waals surface area contributed by atoms with Crippen LogP contribution in [0.15, 0.2) is 34.9 Å². The van der Waals surface area contributed by atoms with Gasteiger partial charge in [0.05, 0.1) is 22.8 Å². The first-order chi connectivity index (χ1) is 12.5. The Balaban J connectivity index is 1.86. The Morgan fingerprint density at radius 1 is 1.19 bits per heavy atom. The number of aromatic nitrogens is 3. The highest BCUT2D eigenvalue weighted by Crippen LogP contribution is 2.38. The Labute approximate surface area is 147 Å². The Morgan fingerprint density at radius 2 is 2.04 bits per heavy atom. The van der Waals surface area contributed by atoms with Crippen molar-refractivity contribution in [3.63, 3.8) is 0 Å². The van der Waals surface area contributed by atoms with E-state index in [0.29, 0.717) is 22.9 Å². The third kappa shape index (κ3) is 1.97. The van der Waals surface area contributed by atoms with Crippen LogP contribution in [0.25, 0.3) is 39.2 Å². The van der Waals surface area contributed by atoms with Crippen molar-refractivity contribution in [2.45, 2.75) is 6.42 Å². The van der Waals surface area contributed by atoms with Crippen LogP contribution in [0.3, 0.4) is 0 Å². The van der Waals surface area contributed by atoms with Gasteiger partial charge in [0.2, 0.25) is 5.95 Å². The number of fused-ring (bicyclic) bond motifs is 4. The predicted octanol–water partition coefficient (Wildman–Crippen LogP) is 2.68. The van der Waals surface area contributed by atoms with Crippen molar-refractivity contribution >= 4 is 45.4 Å². The van der Waals surface area contributed by atoms with Crippen LogP contribution in [-0.4, -0.2) is 20.3 Å². The van der Waals surface area contributed by atoms with E-state index in [-0.39, 0.29) is 18.2 Å². The number of nitrogens with two attached hydrogens (primary N) is 2. The first-order valence-electron chi connectivity index (χ1n) is 8.16. The maximum Gasteiger partial charge on any atom is 0.222 e. The molecule has 0 aliphatic heterocycles. The second-order valence-electron chi connectivity index (χ2n) is 6.44. The van der Waals surface area contributed by atoms with E-state index in [1.807, 2.05) is 36.0 Å². The number of carbonyl (C=O) groups excluding carboxylic acids is 1. The van der Waals surface area contributed by atoms with Gasteiger partial charge >= 0.3 is 0 Å². The second-order valence-corrected chi connectivity index (χ2v) is 6.44. The molecule has 0 atom stereocenters. The molecule has 0 bridgehead atoms. The van der Waals surface area contributed by atoms with Crippen LogP contribution < -0.4 is 11.5 Å². The molecular weight excluding hydrogens is 330 g/mol. The number of aryl methyl sites for hydroxylation is 1. The summed E-state index contributed by atoms with van der Waals surface area (Å²) in [5, 5.41) is 1.70. The predicted molar refractivity (Wildman–Crippen MR) is 100 cm³/mol. The van der Waals surface area contributed by atoms with Gasteiger partial charge in [-0.1, -0.05) is 0 Å². The Morgan fingerprint density at radius 3 is 2.88 bits per heavy atom. The molecule has 3 heterocycles. The molecule has 0 radical (unpaired) electrons. The van der Waals surface area contributed by atoms with Gasteiger partial charge in [0.15, 0.2) is 5.78 Å². The number of rotatable bonds is 1.